The van der Waals surface area contributed by atoms with Crippen LogP contribution in [0.3, 0.4) is 0 Å². The van der Waals surface area contributed by atoms with Gasteiger partial charge in [-0.3, -0.25) is 4.79 Å². The van der Waals surface area contributed by atoms with Gasteiger partial charge in [0.1, 0.15) is 0 Å². The Balaban J connectivity index is 1.73. The van der Waals surface area contributed by atoms with Crippen molar-refractivity contribution < 1.29 is 4.79 Å². The van der Waals surface area contributed by atoms with Crippen molar-refractivity contribution in [2.75, 3.05) is 43.4 Å². The smallest absolute Gasteiger partial charge is 0.228 e. The molecule has 4 nitrogen and oxygen atoms in total. The molecule has 0 unspecified atom stereocenters. The highest BCUT2D eigenvalue weighted by molar-refractivity contribution is 9.10. The first-order valence-electron chi connectivity index (χ1n) is 8.28. The van der Waals surface area contributed by atoms with Gasteiger partial charge >= 0.3 is 0 Å². The number of hydrogen-bond donors (Lipinski definition) is 1. The molecule has 132 valence electrons. The van der Waals surface area contributed by atoms with Crippen molar-refractivity contribution in [3.63, 3.8) is 0 Å². The van der Waals surface area contributed by atoms with Gasteiger partial charge in [-0.1, -0.05) is 39.7 Å². The predicted molar refractivity (Wildman–Crippen MR) is 108 cm³/mol. The maximum atomic E-state index is 12.5. The molecular weight excluding hydrogens is 402 g/mol. The highest BCUT2D eigenvalue weighted by Crippen LogP contribution is 2.30. The number of carbonyl (C=O) groups excluding carboxylic acids is 1. The minimum atomic E-state index is -0.0417. The third-order valence-corrected chi connectivity index (χ3v) is 5.12. The Labute approximate surface area is 161 Å². The zero-order valence-corrected chi connectivity index (χ0v) is 16.5. The molecular formula is C19H21BrClN3O. The average molecular weight is 423 g/mol. The van der Waals surface area contributed by atoms with E-state index in [9.17, 15) is 4.79 Å². The zero-order valence-electron chi connectivity index (χ0n) is 14.1. The molecule has 1 aliphatic rings. The average Bonchev–Trinajstić information content (AvgIpc) is 2.58. The molecule has 1 amide bonds. The van der Waals surface area contributed by atoms with E-state index in [1.54, 1.807) is 0 Å². The van der Waals surface area contributed by atoms with Crippen molar-refractivity contribution in [1.29, 1.82) is 0 Å². The van der Waals surface area contributed by atoms with Crippen LogP contribution < -0.4 is 10.2 Å². The van der Waals surface area contributed by atoms with Crippen molar-refractivity contribution in [3.05, 3.63) is 57.5 Å². The number of anilines is 2. The molecule has 0 radical (unpaired) electrons. The summed E-state index contributed by atoms with van der Waals surface area (Å²) in [4.78, 5) is 17.1. The van der Waals surface area contributed by atoms with Crippen LogP contribution in [0.2, 0.25) is 5.02 Å². The van der Waals surface area contributed by atoms with Crippen LogP contribution in [0.4, 0.5) is 11.4 Å². The fourth-order valence-corrected chi connectivity index (χ4v) is 3.35. The van der Waals surface area contributed by atoms with E-state index in [-0.39, 0.29) is 5.91 Å². The van der Waals surface area contributed by atoms with Gasteiger partial charge in [0.05, 0.1) is 17.8 Å². The molecule has 1 aliphatic heterocycles. The number of nitrogens with zero attached hydrogens (tertiary/aromatic N) is 2. The number of carbonyl (C=O) groups is 1. The van der Waals surface area contributed by atoms with Crippen LogP contribution in [0.1, 0.15) is 5.56 Å². The fourth-order valence-electron chi connectivity index (χ4n) is 2.91. The summed E-state index contributed by atoms with van der Waals surface area (Å²) in [6.07, 6.45) is 0.335. The summed E-state index contributed by atoms with van der Waals surface area (Å²) in [5, 5.41) is 3.65. The molecule has 25 heavy (non-hydrogen) atoms. The molecule has 1 saturated heterocycles. The number of piperazine rings is 1. The second-order valence-electron chi connectivity index (χ2n) is 6.30. The summed E-state index contributed by atoms with van der Waals surface area (Å²) < 4.78 is 1.00. The van der Waals surface area contributed by atoms with Gasteiger partial charge in [-0.15, -0.1) is 0 Å². The molecule has 0 saturated carbocycles. The monoisotopic (exact) mass is 421 g/mol. The van der Waals surface area contributed by atoms with Gasteiger partial charge in [-0.05, 0) is 42.9 Å². The van der Waals surface area contributed by atoms with Gasteiger partial charge in [0.2, 0.25) is 5.91 Å². The van der Waals surface area contributed by atoms with Crippen LogP contribution in [-0.4, -0.2) is 44.0 Å². The second-order valence-corrected chi connectivity index (χ2v) is 7.66. The van der Waals surface area contributed by atoms with Crippen molar-refractivity contribution in [2.24, 2.45) is 0 Å². The van der Waals surface area contributed by atoms with Gasteiger partial charge in [0.15, 0.2) is 0 Å². The Bertz CT molecular complexity index is 743. The van der Waals surface area contributed by atoms with Gasteiger partial charge in [0.25, 0.3) is 0 Å². The second kappa shape index (κ2) is 8.21. The Kier molecular flexibility index (Phi) is 5.99. The van der Waals surface area contributed by atoms with Gasteiger partial charge in [0, 0.05) is 35.7 Å². The van der Waals surface area contributed by atoms with Crippen molar-refractivity contribution in [3.8, 4) is 0 Å². The number of halogens is 2. The third-order valence-electron chi connectivity index (χ3n) is 4.35. The van der Waals surface area contributed by atoms with E-state index in [2.05, 4.69) is 38.1 Å². The lowest BCUT2D eigenvalue weighted by Crippen LogP contribution is -2.44. The topological polar surface area (TPSA) is 35.6 Å². The SMILES string of the molecule is CN1CCN(c2ccc(Cl)cc2NC(=O)Cc2ccc(Br)cc2)CC1. The summed E-state index contributed by atoms with van der Waals surface area (Å²) in [5.74, 6) is -0.0417. The molecule has 6 heteroatoms. The van der Waals surface area contributed by atoms with Crippen molar-refractivity contribution in [2.45, 2.75) is 6.42 Å². The lowest BCUT2D eigenvalue weighted by Gasteiger charge is -2.35. The number of nitrogens with one attached hydrogen (secondary N) is 1. The minimum Gasteiger partial charge on any atom is -0.367 e. The van der Waals surface area contributed by atoms with E-state index >= 15 is 0 Å². The van der Waals surface area contributed by atoms with Crippen LogP contribution in [0.15, 0.2) is 46.9 Å². The Hall–Kier alpha value is -1.56. The first-order valence-corrected chi connectivity index (χ1v) is 9.46. The van der Waals surface area contributed by atoms with Crippen LogP contribution in [0, 0.1) is 0 Å². The number of likely N-dealkylation sites (N-methyl/N-ethyl adjacent to an activating group) is 1. The van der Waals surface area contributed by atoms with Gasteiger partial charge in [-0.2, -0.15) is 0 Å². The summed E-state index contributed by atoms with van der Waals surface area (Å²) in [6, 6.07) is 13.5. The maximum Gasteiger partial charge on any atom is 0.228 e. The van der Waals surface area contributed by atoms with Crippen molar-refractivity contribution in [1.82, 2.24) is 4.90 Å². The highest BCUT2D eigenvalue weighted by Gasteiger charge is 2.18. The number of benzene rings is 2. The molecule has 2 aromatic rings. The Morgan fingerprint density at radius 2 is 1.80 bits per heavy atom. The van der Waals surface area contributed by atoms with E-state index in [4.69, 9.17) is 11.6 Å². The van der Waals surface area contributed by atoms with Crippen LogP contribution in [-0.2, 0) is 11.2 Å². The summed E-state index contributed by atoms with van der Waals surface area (Å²) in [7, 11) is 2.13. The Morgan fingerprint density at radius 1 is 1.12 bits per heavy atom. The maximum absolute atomic E-state index is 12.5. The molecule has 0 bridgehead atoms. The number of rotatable bonds is 4. The normalized spacial score (nSPS) is 15.2. The molecule has 0 atom stereocenters. The zero-order chi connectivity index (χ0) is 17.8. The molecule has 1 heterocycles. The van der Waals surface area contributed by atoms with E-state index < -0.39 is 0 Å². The van der Waals surface area contributed by atoms with Gasteiger partial charge in [-0.25, -0.2) is 0 Å². The van der Waals surface area contributed by atoms with E-state index in [0.29, 0.717) is 11.4 Å². The lowest BCUT2D eigenvalue weighted by molar-refractivity contribution is -0.115. The number of hydrogen-bond acceptors (Lipinski definition) is 3. The van der Waals surface area contributed by atoms with E-state index in [1.807, 2.05) is 42.5 Å². The van der Waals surface area contributed by atoms with Crippen molar-refractivity contribution >= 4 is 44.8 Å². The first-order chi connectivity index (χ1) is 12.0. The predicted octanol–water partition coefficient (Wildman–Crippen LogP) is 4.04. The van der Waals surface area contributed by atoms with Crippen LogP contribution in [0.25, 0.3) is 0 Å². The van der Waals surface area contributed by atoms with Crippen LogP contribution >= 0.6 is 27.5 Å². The Morgan fingerprint density at radius 3 is 2.48 bits per heavy atom. The molecule has 0 aromatic heterocycles. The van der Waals surface area contributed by atoms with Gasteiger partial charge < -0.3 is 15.1 Å². The highest BCUT2D eigenvalue weighted by atomic mass is 79.9. The number of amides is 1. The van der Waals surface area contributed by atoms with E-state index in [1.165, 1.54) is 0 Å². The third kappa shape index (κ3) is 4.97. The summed E-state index contributed by atoms with van der Waals surface area (Å²) >= 11 is 9.56. The molecule has 3 rings (SSSR count). The fraction of sp³-hybridized carbons (Fsp3) is 0.316. The molecule has 0 spiro atoms. The van der Waals surface area contributed by atoms with E-state index in [0.717, 1.165) is 47.6 Å². The minimum absolute atomic E-state index is 0.0417. The molecule has 2 aromatic carbocycles. The standard InChI is InChI=1S/C19H21BrClN3O/c1-23-8-10-24(11-9-23)18-7-6-16(21)13-17(18)22-19(25)12-14-2-4-15(20)5-3-14/h2-7,13H,8-12H2,1H3,(H,22,25). The molecule has 1 N–H and O–H groups in total. The largest absolute Gasteiger partial charge is 0.367 e. The first kappa shape index (κ1) is 18.2. The van der Waals surface area contributed by atoms with Crippen LogP contribution in [0.5, 0.6) is 0 Å². The molecule has 1 fully saturated rings. The lowest BCUT2D eigenvalue weighted by atomic mass is 10.1. The summed E-state index contributed by atoms with van der Waals surface area (Å²) in [6.45, 7) is 3.89. The quantitative estimate of drug-likeness (QED) is 0.808. The summed E-state index contributed by atoms with van der Waals surface area (Å²) in [5.41, 5.74) is 2.78. The molecule has 0 aliphatic carbocycles.